The van der Waals surface area contributed by atoms with Crippen molar-refractivity contribution >= 4 is 23.0 Å². The molecule has 0 amide bonds. The predicted octanol–water partition coefficient (Wildman–Crippen LogP) is -0.699. The molecule has 0 radical (unpaired) electrons. The topological polar surface area (TPSA) is 165 Å². The van der Waals surface area contributed by atoms with Crippen molar-refractivity contribution in [2.45, 2.75) is 0 Å². The van der Waals surface area contributed by atoms with Crippen LogP contribution in [0.15, 0.2) is 6.07 Å². The van der Waals surface area contributed by atoms with Gasteiger partial charge in [-0.1, -0.05) is 0 Å². The fourth-order valence-electron chi connectivity index (χ4n) is 0.908. The van der Waals surface area contributed by atoms with E-state index >= 15 is 0 Å². The average Bonchev–Trinajstić information content (AvgIpc) is 2.13. The third kappa shape index (κ3) is 1.54. The van der Waals surface area contributed by atoms with Crippen LogP contribution in [0, 0.1) is 25.4 Å². The fraction of sp³-hybridized carbons (Fsp3) is 0. The molecule has 10 heteroatoms. The standard InChI is InChI=1S/C5H5N5O5/c6-4-2(9(12)13)1-3(10(14)15)5(7)8(4)11/h1H,6-7H2. The molecule has 0 saturated heterocycles. The van der Waals surface area contributed by atoms with E-state index in [0.717, 1.165) is 0 Å². The Morgan fingerprint density at radius 1 is 1.07 bits per heavy atom. The minimum atomic E-state index is -1.00. The number of nitrogens with two attached hydrogens (primary N) is 2. The molecule has 10 nitrogen and oxygen atoms in total. The highest BCUT2D eigenvalue weighted by Crippen LogP contribution is 2.27. The molecule has 0 aliphatic rings. The van der Waals surface area contributed by atoms with E-state index in [0.29, 0.717) is 6.07 Å². The number of aromatic nitrogens is 1. The number of nitro groups is 2. The second kappa shape index (κ2) is 3.25. The van der Waals surface area contributed by atoms with Gasteiger partial charge in [-0.25, -0.2) is 4.73 Å². The minimum Gasteiger partial charge on any atom is -0.740 e. The molecule has 1 aromatic heterocycles. The van der Waals surface area contributed by atoms with Crippen LogP contribution in [0.5, 0.6) is 0 Å². The molecule has 15 heavy (non-hydrogen) atoms. The number of hydrogen-bond acceptors (Lipinski definition) is 7. The second-order valence-electron chi connectivity index (χ2n) is 2.49. The Kier molecular flexibility index (Phi) is 2.26. The molecule has 0 saturated carbocycles. The van der Waals surface area contributed by atoms with Gasteiger partial charge in [0.1, 0.15) is 6.07 Å². The molecule has 0 spiro atoms. The Bertz CT molecular complexity index is 419. The first-order chi connectivity index (χ1) is 6.86. The van der Waals surface area contributed by atoms with Crippen molar-refractivity contribution in [2.75, 3.05) is 11.5 Å². The zero-order valence-electron chi connectivity index (χ0n) is 7.11. The molecule has 80 valence electrons. The van der Waals surface area contributed by atoms with Gasteiger partial charge in [0.15, 0.2) is 0 Å². The average molecular weight is 215 g/mol. The van der Waals surface area contributed by atoms with Crippen LogP contribution in [0.25, 0.3) is 0 Å². The highest BCUT2D eigenvalue weighted by atomic mass is 16.6. The van der Waals surface area contributed by atoms with Crippen molar-refractivity contribution in [1.82, 2.24) is 0 Å². The van der Waals surface area contributed by atoms with Gasteiger partial charge in [-0.3, -0.25) is 20.2 Å². The summed E-state index contributed by atoms with van der Waals surface area (Å²) in [5, 5.41) is 31.8. The van der Waals surface area contributed by atoms with Crippen LogP contribution in [0.1, 0.15) is 0 Å². The van der Waals surface area contributed by atoms with Gasteiger partial charge in [0.2, 0.25) is 0 Å². The summed E-state index contributed by atoms with van der Waals surface area (Å²) in [7, 11) is 0. The molecule has 4 N–H and O–H groups in total. The van der Waals surface area contributed by atoms with E-state index in [2.05, 4.69) is 0 Å². The van der Waals surface area contributed by atoms with E-state index in [4.69, 9.17) is 11.5 Å². The molecular weight excluding hydrogens is 210 g/mol. The van der Waals surface area contributed by atoms with Crippen LogP contribution in [-0.2, 0) is 0 Å². The first-order valence-corrected chi connectivity index (χ1v) is 3.46. The van der Waals surface area contributed by atoms with Crippen molar-refractivity contribution in [3.05, 3.63) is 31.5 Å². The lowest BCUT2D eigenvalue weighted by atomic mass is 10.3. The first kappa shape index (κ1) is 10.4. The number of nitrogens with zero attached hydrogens (tertiary/aromatic N) is 3. The normalized spacial score (nSPS) is 9.87. The zero-order valence-corrected chi connectivity index (χ0v) is 7.11. The van der Waals surface area contributed by atoms with Gasteiger partial charge in [-0.2, -0.15) is 0 Å². The van der Waals surface area contributed by atoms with E-state index in [1.807, 2.05) is 0 Å². The van der Waals surface area contributed by atoms with Gasteiger partial charge >= 0.3 is 11.4 Å². The molecular formula is C5H5N5O5. The van der Waals surface area contributed by atoms with Crippen LogP contribution in [0.4, 0.5) is 23.0 Å². The maximum atomic E-state index is 11.1. The molecule has 1 aromatic rings. The zero-order chi connectivity index (χ0) is 11.7. The quantitative estimate of drug-likeness (QED) is 0.284. The molecule has 0 unspecified atom stereocenters. The van der Waals surface area contributed by atoms with E-state index in [-0.39, 0.29) is 4.73 Å². The third-order valence-corrected chi connectivity index (χ3v) is 1.63. The van der Waals surface area contributed by atoms with Crippen molar-refractivity contribution < 1.29 is 14.6 Å². The van der Waals surface area contributed by atoms with Gasteiger partial charge in [0.05, 0.1) is 9.85 Å². The summed E-state index contributed by atoms with van der Waals surface area (Å²) in [4.78, 5) is 18.7. The first-order valence-electron chi connectivity index (χ1n) is 3.46. The lowest BCUT2D eigenvalue weighted by molar-refractivity contribution is -0.582. The number of nitrogen functional groups attached to an aromatic ring is 2. The molecule has 0 bridgehead atoms. The maximum absolute atomic E-state index is 11.1. The maximum Gasteiger partial charge on any atom is 0.348 e. The smallest absolute Gasteiger partial charge is 0.348 e. The van der Waals surface area contributed by atoms with Crippen molar-refractivity contribution in [2.24, 2.45) is 0 Å². The van der Waals surface area contributed by atoms with Gasteiger partial charge in [0, 0.05) is 0 Å². The van der Waals surface area contributed by atoms with Crippen molar-refractivity contribution in [3.63, 3.8) is 0 Å². The predicted molar refractivity (Wildman–Crippen MR) is 47.5 cm³/mol. The SMILES string of the molecule is Nc1c([N+](=O)[O-])cc([N+](=O)[O-])c(N)[n+]1[O-]. The van der Waals surface area contributed by atoms with Crippen LogP contribution >= 0.6 is 0 Å². The van der Waals surface area contributed by atoms with Crippen molar-refractivity contribution in [1.29, 1.82) is 0 Å². The van der Waals surface area contributed by atoms with Crippen LogP contribution in [-0.4, -0.2) is 9.85 Å². The molecule has 0 aromatic carbocycles. The summed E-state index contributed by atoms with van der Waals surface area (Å²) >= 11 is 0. The molecule has 0 aliphatic heterocycles. The lowest BCUT2D eigenvalue weighted by Gasteiger charge is -2.09. The summed E-state index contributed by atoms with van der Waals surface area (Å²) in [6.45, 7) is 0. The van der Waals surface area contributed by atoms with Crippen LogP contribution in [0.3, 0.4) is 0 Å². The van der Waals surface area contributed by atoms with Gasteiger partial charge in [0.25, 0.3) is 11.6 Å². The summed E-state index contributed by atoms with van der Waals surface area (Å²) in [5.41, 5.74) is 8.41. The van der Waals surface area contributed by atoms with Crippen molar-refractivity contribution in [3.8, 4) is 0 Å². The molecule has 1 heterocycles. The highest BCUT2D eigenvalue weighted by Gasteiger charge is 2.28. The van der Waals surface area contributed by atoms with E-state index in [1.165, 1.54) is 0 Å². The summed E-state index contributed by atoms with van der Waals surface area (Å²) in [6.07, 6.45) is 0. The van der Waals surface area contributed by atoms with Crippen LogP contribution in [0.2, 0.25) is 0 Å². The lowest BCUT2D eigenvalue weighted by Crippen LogP contribution is -2.35. The summed E-state index contributed by atoms with van der Waals surface area (Å²) in [6, 6.07) is 0.541. The van der Waals surface area contributed by atoms with Gasteiger partial charge < -0.3 is 16.7 Å². The third-order valence-electron chi connectivity index (χ3n) is 1.63. The summed E-state index contributed by atoms with van der Waals surface area (Å²) < 4.78 is -0.254. The van der Waals surface area contributed by atoms with E-state index in [9.17, 15) is 25.4 Å². The fourth-order valence-corrected chi connectivity index (χ4v) is 0.908. The Balaban J connectivity index is 3.59. The monoisotopic (exact) mass is 215 g/mol. The largest absolute Gasteiger partial charge is 0.740 e. The van der Waals surface area contributed by atoms with E-state index in [1.54, 1.807) is 0 Å². The minimum absolute atomic E-state index is 0.254. The van der Waals surface area contributed by atoms with Gasteiger partial charge in [-0.05, 0) is 0 Å². The number of hydrogen-bond donors (Lipinski definition) is 2. The van der Waals surface area contributed by atoms with Gasteiger partial charge in [-0.15, -0.1) is 0 Å². The van der Waals surface area contributed by atoms with E-state index < -0.39 is 32.9 Å². The highest BCUT2D eigenvalue weighted by molar-refractivity contribution is 5.61. The molecule has 0 atom stereocenters. The molecule has 0 aliphatic carbocycles. The Morgan fingerprint density at radius 3 is 1.67 bits per heavy atom. The molecule has 1 rings (SSSR count). The Hall–Kier alpha value is -2.65. The van der Waals surface area contributed by atoms with Crippen LogP contribution < -0.4 is 16.2 Å². The Labute approximate surface area is 81.6 Å². The second-order valence-corrected chi connectivity index (χ2v) is 2.49. The number of pyridine rings is 1. The molecule has 0 fully saturated rings. The number of rotatable bonds is 2. The summed E-state index contributed by atoms with van der Waals surface area (Å²) in [5.74, 6) is -1.58. The Morgan fingerprint density at radius 2 is 1.40 bits per heavy atom. The number of anilines is 2.